The van der Waals surface area contributed by atoms with Gasteiger partial charge in [0.2, 0.25) is 0 Å². The lowest BCUT2D eigenvalue weighted by Crippen LogP contribution is -2.07. The minimum absolute atomic E-state index is 0.109. The van der Waals surface area contributed by atoms with Crippen LogP contribution >= 0.6 is 11.6 Å². The first-order valence-electron chi connectivity index (χ1n) is 3.89. The van der Waals surface area contributed by atoms with Crippen LogP contribution in [0.4, 0.5) is 5.69 Å². The molecule has 0 heterocycles. The number of hydrogen-bond donors (Lipinski definition) is 2. The van der Waals surface area contributed by atoms with Crippen LogP contribution in [-0.4, -0.2) is 20.1 Å². The molecule has 1 rings (SSSR count). The van der Waals surface area contributed by atoms with Crippen molar-refractivity contribution in [2.75, 3.05) is 12.8 Å². The third-order valence-electron chi connectivity index (χ3n) is 1.94. The fourth-order valence-electron chi connectivity index (χ4n) is 1.22. The van der Waals surface area contributed by atoms with Crippen LogP contribution in [0.5, 0.6) is 5.75 Å². The second-order valence-electron chi connectivity index (χ2n) is 2.90. The summed E-state index contributed by atoms with van der Waals surface area (Å²) < 4.78 is 35.9. The monoisotopic (exact) mass is 251 g/mol. The number of hydrogen-bond acceptors (Lipinski definition) is 4. The molecular weight excluding hydrogens is 242 g/mol. The number of anilines is 1. The van der Waals surface area contributed by atoms with E-state index in [9.17, 15) is 8.42 Å². The molecule has 5 nitrogen and oxygen atoms in total. The molecule has 0 spiro atoms. The van der Waals surface area contributed by atoms with Crippen molar-refractivity contribution >= 4 is 27.4 Å². The van der Waals surface area contributed by atoms with Gasteiger partial charge in [0.05, 0.1) is 12.8 Å². The molecule has 3 N–H and O–H groups in total. The average molecular weight is 252 g/mol. The Morgan fingerprint density at radius 1 is 1.53 bits per heavy atom. The smallest absolute Gasteiger partial charge is 0.297 e. The Morgan fingerprint density at radius 3 is 2.47 bits per heavy atom. The molecule has 0 saturated carbocycles. The highest BCUT2D eigenvalue weighted by atomic mass is 35.5. The molecule has 0 unspecified atom stereocenters. The van der Waals surface area contributed by atoms with Crippen LogP contribution in [-0.2, 0) is 10.1 Å². The number of nitrogens with two attached hydrogens (primary N) is 1. The van der Waals surface area contributed by atoms with E-state index in [0.29, 0.717) is 0 Å². The van der Waals surface area contributed by atoms with Crippen molar-refractivity contribution in [2.45, 2.75) is 11.8 Å². The molecule has 0 bridgehead atoms. The maximum Gasteiger partial charge on any atom is 0.297 e. The summed E-state index contributed by atoms with van der Waals surface area (Å²) in [5.74, 6) is 0.109. The summed E-state index contributed by atoms with van der Waals surface area (Å²) in [7, 11) is -3.08. The quantitative estimate of drug-likeness (QED) is 0.614. The first-order valence-corrected chi connectivity index (χ1v) is 5.71. The van der Waals surface area contributed by atoms with E-state index in [0.717, 1.165) is 0 Å². The third-order valence-corrected chi connectivity index (χ3v) is 3.38. The van der Waals surface area contributed by atoms with Gasteiger partial charge in [-0.15, -0.1) is 0 Å². The fraction of sp³-hybridized carbons (Fsp3) is 0.250. The number of ether oxygens (including phenoxy) is 1. The van der Waals surface area contributed by atoms with Crippen molar-refractivity contribution in [3.8, 4) is 5.75 Å². The molecule has 0 aliphatic rings. The largest absolute Gasteiger partial charge is 0.494 e. The number of halogens is 1. The Bertz CT molecular complexity index is 498. The lowest BCUT2D eigenvalue weighted by atomic mass is 10.2. The zero-order valence-electron chi connectivity index (χ0n) is 8.11. The molecule has 1 aromatic rings. The minimum atomic E-state index is -4.41. The van der Waals surface area contributed by atoms with Crippen LogP contribution < -0.4 is 10.5 Å². The molecule has 0 amide bonds. The summed E-state index contributed by atoms with van der Waals surface area (Å²) in [6, 6.07) is 1.39. The summed E-state index contributed by atoms with van der Waals surface area (Å²) in [5, 5.41) is 0.161. The predicted octanol–water partition coefficient (Wildman–Crippen LogP) is 1.49. The van der Waals surface area contributed by atoms with Gasteiger partial charge in [0.1, 0.15) is 10.6 Å². The van der Waals surface area contributed by atoms with Gasteiger partial charge < -0.3 is 10.5 Å². The SMILES string of the molecule is COc1cc(Cl)c(C)c(S(=O)(=O)O)c1N. The van der Waals surface area contributed by atoms with Crippen LogP contribution in [0.15, 0.2) is 11.0 Å². The van der Waals surface area contributed by atoms with E-state index in [2.05, 4.69) is 0 Å². The molecule has 1 aromatic carbocycles. The fourth-order valence-corrected chi connectivity index (χ4v) is 2.35. The molecule has 0 saturated heterocycles. The van der Waals surface area contributed by atoms with Crippen molar-refractivity contribution in [2.24, 2.45) is 0 Å². The third kappa shape index (κ3) is 2.17. The first-order chi connectivity index (χ1) is 6.79. The summed E-state index contributed by atoms with van der Waals surface area (Å²) in [4.78, 5) is -0.410. The average Bonchev–Trinajstić information content (AvgIpc) is 2.09. The van der Waals surface area contributed by atoms with Crippen molar-refractivity contribution in [3.63, 3.8) is 0 Å². The second kappa shape index (κ2) is 3.88. The number of rotatable bonds is 2. The van der Waals surface area contributed by atoms with E-state index in [-0.39, 0.29) is 22.0 Å². The molecule has 84 valence electrons. The molecule has 0 aliphatic heterocycles. The van der Waals surface area contributed by atoms with Crippen LogP contribution in [0, 0.1) is 6.92 Å². The summed E-state index contributed by atoms with van der Waals surface area (Å²) in [6.07, 6.45) is 0. The van der Waals surface area contributed by atoms with Crippen molar-refractivity contribution in [3.05, 3.63) is 16.7 Å². The van der Waals surface area contributed by atoms with Crippen LogP contribution in [0.25, 0.3) is 0 Å². The summed E-state index contributed by atoms with van der Waals surface area (Å²) in [5.41, 5.74) is 5.57. The van der Waals surface area contributed by atoms with Gasteiger partial charge in [0.15, 0.2) is 0 Å². The molecule has 0 aliphatic carbocycles. The van der Waals surface area contributed by atoms with Crippen molar-refractivity contribution < 1.29 is 17.7 Å². The first kappa shape index (κ1) is 12.1. The molecule has 0 atom stereocenters. The predicted molar refractivity (Wildman–Crippen MR) is 57.0 cm³/mol. The highest BCUT2D eigenvalue weighted by Crippen LogP contribution is 2.36. The Morgan fingerprint density at radius 2 is 2.07 bits per heavy atom. The zero-order valence-corrected chi connectivity index (χ0v) is 9.69. The maximum absolute atomic E-state index is 11.1. The second-order valence-corrected chi connectivity index (χ2v) is 4.67. The minimum Gasteiger partial charge on any atom is -0.494 e. The highest BCUT2D eigenvalue weighted by Gasteiger charge is 2.22. The number of nitrogen functional groups attached to an aromatic ring is 1. The normalized spacial score (nSPS) is 11.5. The van der Waals surface area contributed by atoms with Crippen LogP contribution in [0.1, 0.15) is 5.56 Å². The van der Waals surface area contributed by atoms with Gasteiger partial charge in [0.25, 0.3) is 10.1 Å². The van der Waals surface area contributed by atoms with Crippen molar-refractivity contribution in [1.82, 2.24) is 0 Å². The van der Waals surface area contributed by atoms with Crippen LogP contribution in [0.2, 0.25) is 5.02 Å². The lowest BCUT2D eigenvalue weighted by molar-refractivity contribution is 0.415. The Hall–Kier alpha value is -0.980. The van der Waals surface area contributed by atoms with Gasteiger partial charge in [-0.05, 0) is 12.5 Å². The molecule has 0 fully saturated rings. The van der Waals surface area contributed by atoms with Gasteiger partial charge in [-0.2, -0.15) is 8.42 Å². The number of benzene rings is 1. The topological polar surface area (TPSA) is 89.6 Å². The van der Waals surface area contributed by atoms with E-state index in [1.165, 1.54) is 20.1 Å². The molecule has 0 aromatic heterocycles. The lowest BCUT2D eigenvalue weighted by Gasteiger charge is -2.12. The van der Waals surface area contributed by atoms with E-state index in [4.69, 9.17) is 26.6 Å². The van der Waals surface area contributed by atoms with E-state index < -0.39 is 15.0 Å². The highest BCUT2D eigenvalue weighted by molar-refractivity contribution is 7.86. The maximum atomic E-state index is 11.1. The van der Waals surface area contributed by atoms with E-state index >= 15 is 0 Å². The Kier molecular flexibility index (Phi) is 3.13. The summed E-state index contributed by atoms with van der Waals surface area (Å²) >= 11 is 5.76. The zero-order chi connectivity index (χ0) is 11.8. The van der Waals surface area contributed by atoms with E-state index in [1.807, 2.05) is 0 Å². The van der Waals surface area contributed by atoms with Gasteiger partial charge in [-0.25, -0.2) is 0 Å². The van der Waals surface area contributed by atoms with Crippen LogP contribution in [0.3, 0.4) is 0 Å². The molecule has 15 heavy (non-hydrogen) atoms. The summed E-state index contributed by atoms with van der Waals surface area (Å²) in [6.45, 7) is 1.45. The van der Waals surface area contributed by atoms with Gasteiger partial charge in [-0.1, -0.05) is 11.6 Å². The molecule has 7 heteroatoms. The van der Waals surface area contributed by atoms with Gasteiger partial charge in [-0.3, -0.25) is 4.55 Å². The van der Waals surface area contributed by atoms with Gasteiger partial charge in [0, 0.05) is 11.1 Å². The molecular formula is C8H10ClNO4S. The molecule has 0 radical (unpaired) electrons. The Labute approximate surface area is 92.5 Å². The number of methoxy groups -OCH3 is 1. The van der Waals surface area contributed by atoms with Gasteiger partial charge >= 0.3 is 0 Å². The standard InChI is InChI=1S/C8H10ClNO4S/c1-4-5(9)3-6(14-2)7(10)8(4)15(11,12)13/h3H,10H2,1-2H3,(H,11,12,13). The Balaban J connectivity index is 3.70. The van der Waals surface area contributed by atoms with E-state index in [1.54, 1.807) is 0 Å². The van der Waals surface area contributed by atoms with Crippen molar-refractivity contribution in [1.29, 1.82) is 0 Å².